The van der Waals surface area contributed by atoms with E-state index in [0.29, 0.717) is 44.5 Å². The molecule has 1 saturated carbocycles. The minimum absolute atomic E-state index is 0.00362. The molecule has 2 aliphatic heterocycles. The molecule has 1 amide bonds. The van der Waals surface area contributed by atoms with E-state index in [-0.39, 0.29) is 17.4 Å². The zero-order valence-electron chi connectivity index (χ0n) is 21.5. The van der Waals surface area contributed by atoms with Crippen LogP contribution in [0.25, 0.3) is 0 Å². The third-order valence-electron chi connectivity index (χ3n) is 9.23. The maximum atomic E-state index is 13.2. The predicted octanol–water partition coefficient (Wildman–Crippen LogP) is 3.63. The van der Waals surface area contributed by atoms with E-state index in [4.69, 9.17) is 4.74 Å². The molecule has 6 nitrogen and oxygen atoms in total. The molecule has 2 N–H and O–H groups in total. The largest absolute Gasteiger partial charge is 0.504 e. The van der Waals surface area contributed by atoms with E-state index in [2.05, 4.69) is 23.3 Å². The maximum absolute atomic E-state index is 13.2. The summed E-state index contributed by atoms with van der Waals surface area (Å²) in [6.45, 7) is 5.23. The lowest BCUT2D eigenvalue weighted by molar-refractivity contribution is -0.197. The van der Waals surface area contributed by atoms with Crippen LogP contribution in [-0.4, -0.2) is 69.8 Å². The van der Waals surface area contributed by atoms with Crippen LogP contribution in [0.1, 0.15) is 41.5 Å². The molecule has 39 heavy (non-hydrogen) atoms. The molecule has 1 saturated heterocycles. The van der Waals surface area contributed by atoms with Crippen LogP contribution in [-0.2, 0) is 22.8 Å². The van der Waals surface area contributed by atoms with Crippen LogP contribution in [0.2, 0.25) is 0 Å². The van der Waals surface area contributed by atoms with Crippen molar-refractivity contribution >= 4 is 5.91 Å². The highest BCUT2D eigenvalue weighted by Crippen LogP contribution is 2.65. The van der Waals surface area contributed by atoms with Gasteiger partial charge in [0, 0.05) is 36.7 Å². The number of alkyl halides is 3. The smallest absolute Gasteiger partial charge is 0.416 e. The summed E-state index contributed by atoms with van der Waals surface area (Å²) in [7, 11) is 1.61. The molecular formula is C30H29F3N2O4. The molecule has 204 valence electrons. The second-order valence-electron chi connectivity index (χ2n) is 11.0. The first-order valence-electron chi connectivity index (χ1n) is 13.1. The number of benzene rings is 2. The molecule has 2 bridgehead atoms. The van der Waals surface area contributed by atoms with Gasteiger partial charge in [0.15, 0.2) is 11.5 Å². The summed E-state index contributed by atoms with van der Waals surface area (Å²) in [5.74, 6) is 4.88. The molecule has 0 aromatic heterocycles. The SMILES string of the molecule is C=CCN1CC[C@]23c4c5ccc(O)c4O[C@H]2[C@@H](N(C)C(=O)C#Cc2cccc(C(F)(F)F)c2)CC[C@@]3(O)[C@H]1C5. The number of carbonyl (C=O) groups excluding carboxylic acids is 1. The Morgan fingerprint density at radius 3 is 2.85 bits per heavy atom. The van der Waals surface area contributed by atoms with Crippen molar-refractivity contribution in [1.29, 1.82) is 0 Å². The molecule has 9 heteroatoms. The van der Waals surface area contributed by atoms with Crippen molar-refractivity contribution in [1.82, 2.24) is 9.80 Å². The second kappa shape index (κ2) is 8.77. The Morgan fingerprint density at radius 2 is 2.10 bits per heavy atom. The summed E-state index contributed by atoms with van der Waals surface area (Å²) in [5.41, 5.74) is -0.828. The third-order valence-corrected chi connectivity index (χ3v) is 9.23. The number of rotatable bonds is 3. The average molecular weight is 539 g/mol. The molecule has 0 radical (unpaired) electrons. The summed E-state index contributed by atoms with van der Waals surface area (Å²) in [4.78, 5) is 16.9. The topological polar surface area (TPSA) is 73.2 Å². The van der Waals surface area contributed by atoms with Crippen molar-refractivity contribution in [2.24, 2.45) is 0 Å². The standard InChI is InChI=1S/C30H29F3N2O4/c1-3-14-35-15-13-28-25-19-8-9-22(36)26(25)39-27(28)21(11-12-29(28,38)23(35)17-19)34(2)24(37)10-7-18-5-4-6-20(16-18)30(31,32)33/h3-6,8-9,16,21,23,27,36,38H,1,11-15,17H2,2H3/t21-,23+,27-,28-,29+/m0/s1. The van der Waals surface area contributed by atoms with E-state index in [9.17, 15) is 28.2 Å². The quantitative estimate of drug-likeness (QED) is 0.462. The zero-order valence-corrected chi connectivity index (χ0v) is 21.5. The average Bonchev–Trinajstić information content (AvgIpc) is 3.25. The Morgan fingerprint density at radius 1 is 1.31 bits per heavy atom. The summed E-state index contributed by atoms with van der Waals surface area (Å²) in [6, 6.07) is 7.44. The number of likely N-dealkylation sites (tertiary alicyclic amines) is 1. The van der Waals surface area contributed by atoms with E-state index in [1.165, 1.54) is 17.0 Å². The highest BCUT2D eigenvalue weighted by atomic mass is 19.4. The second-order valence-corrected chi connectivity index (χ2v) is 11.0. The van der Waals surface area contributed by atoms with E-state index < -0.39 is 40.8 Å². The number of nitrogens with zero attached hydrogens (tertiary/aromatic N) is 2. The van der Waals surface area contributed by atoms with Gasteiger partial charge in [0.05, 0.1) is 22.6 Å². The van der Waals surface area contributed by atoms with Crippen LogP contribution >= 0.6 is 0 Å². The predicted molar refractivity (Wildman–Crippen MR) is 137 cm³/mol. The van der Waals surface area contributed by atoms with Gasteiger partial charge in [0.25, 0.3) is 5.91 Å². The van der Waals surface area contributed by atoms with Crippen molar-refractivity contribution in [3.63, 3.8) is 0 Å². The summed E-state index contributed by atoms with van der Waals surface area (Å²) >= 11 is 0. The number of amides is 1. The van der Waals surface area contributed by atoms with Crippen LogP contribution in [0.15, 0.2) is 49.1 Å². The van der Waals surface area contributed by atoms with E-state index in [0.717, 1.165) is 23.3 Å². The number of hydrogen-bond donors (Lipinski definition) is 2. The number of piperidine rings is 1. The number of aromatic hydroxyl groups is 1. The van der Waals surface area contributed by atoms with Crippen LogP contribution in [0.4, 0.5) is 13.2 Å². The number of phenolic OH excluding ortho intramolecular Hbond substituents is 1. The Kier molecular flexibility index (Phi) is 5.79. The normalized spacial score (nSPS) is 30.4. The summed E-state index contributed by atoms with van der Waals surface area (Å²) in [5, 5.41) is 23.2. The van der Waals surface area contributed by atoms with Crippen molar-refractivity contribution in [3.05, 3.63) is 71.3 Å². The molecule has 0 unspecified atom stereocenters. The number of ether oxygens (including phenoxy) is 1. The Bertz CT molecular complexity index is 1430. The molecule has 1 spiro atoms. The number of phenols is 1. The molecule has 2 aromatic rings. The van der Waals surface area contributed by atoms with Gasteiger partial charge in [-0.2, -0.15) is 13.2 Å². The van der Waals surface area contributed by atoms with Gasteiger partial charge in [-0.05, 0) is 62.1 Å². The molecule has 2 aliphatic carbocycles. The number of hydrogen-bond acceptors (Lipinski definition) is 5. The molecule has 4 aliphatic rings. The lowest BCUT2D eigenvalue weighted by atomic mass is 9.48. The van der Waals surface area contributed by atoms with Gasteiger partial charge in [-0.1, -0.05) is 24.1 Å². The number of halogens is 3. The molecule has 6 rings (SSSR count). The molecule has 2 heterocycles. The fourth-order valence-corrected chi connectivity index (χ4v) is 7.52. The first-order chi connectivity index (χ1) is 18.5. The maximum Gasteiger partial charge on any atom is 0.416 e. The first-order valence-corrected chi connectivity index (χ1v) is 13.1. The highest BCUT2D eigenvalue weighted by Gasteiger charge is 2.73. The summed E-state index contributed by atoms with van der Waals surface area (Å²) in [6.07, 6.45) is -1.22. The van der Waals surface area contributed by atoms with Gasteiger partial charge in [-0.3, -0.25) is 9.69 Å². The van der Waals surface area contributed by atoms with E-state index in [1.807, 2.05) is 12.1 Å². The van der Waals surface area contributed by atoms with Crippen LogP contribution in [0.5, 0.6) is 11.5 Å². The van der Waals surface area contributed by atoms with Crippen molar-refractivity contribution in [2.75, 3.05) is 20.1 Å². The van der Waals surface area contributed by atoms with Crippen LogP contribution in [0.3, 0.4) is 0 Å². The highest BCUT2D eigenvalue weighted by molar-refractivity contribution is 5.94. The molecular weight excluding hydrogens is 509 g/mol. The van der Waals surface area contributed by atoms with Crippen LogP contribution in [0, 0.1) is 11.8 Å². The third kappa shape index (κ3) is 3.61. The Hall–Kier alpha value is -3.48. The van der Waals surface area contributed by atoms with Gasteiger partial charge in [0.1, 0.15) is 6.10 Å². The Labute approximate surface area is 224 Å². The van der Waals surface area contributed by atoms with Gasteiger partial charge in [0.2, 0.25) is 0 Å². The lowest BCUT2D eigenvalue weighted by Gasteiger charge is -2.64. The molecule has 2 fully saturated rings. The zero-order chi connectivity index (χ0) is 27.7. The van der Waals surface area contributed by atoms with Gasteiger partial charge in [-0.25, -0.2) is 0 Å². The van der Waals surface area contributed by atoms with Gasteiger partial charge in [-0.15, -0.1) is 6.58 Å². The minimum Gasteiger partial charge on any atom is -0.504 e. The molecule has 5 atom stereocenters. The van der Waals surface area contributed by atoms with Crippen LogP contribution < -0.4 is 4.74 Å². The summed E-state index contributed by atoms with van der Waals surface area (Å²) < 4.78 is 45.7. The Balaban J connectivity index is 1.35. The number of aliphatic hydroxyl groups is 1. The van der Waals surface area contributed by atoms with Gasteiger partial charge < -0.3 is 19.8 Å². The first kappa shape index (κ1) is 25.8. The fourth-order valence-electron chi connectivity index (χ4n) is 7.52. The number of carbonyl (C=O) groups is 1. The monoisotopic (exact) mass is 538 g/mol. The van der Waals surface area contributed by atoms with Crippen molar-refractivity contribution in [2.45, 2.75) is 61.1 Å². The minimum atomic E-state index is -4.50. The lowest BCUT2D eigenvalue weighted by Crippen LogP contribution is -2.78. The molecule has 2 aromatic carbocycles. The van der Waals surface area contributed by atoms with Crippen molar-refractivity contribution < 1.29 is 32.9 Å². The van der Waals surface area contributed by atoms with Crippen molar-refractivity contribution in [3.8, 4) is 23.3 Å². The van der Waals surface area contributed by atoms with Gasteiger partial charge >= 0.3 is 6.18 Å². The number of likely N-dealkylation sites (N-methyl/N-ethyl adjacent to an activating group) is 1. The van der Waals surface area contributed by atoms with E-state index >= 15 is 0 Å². The van der Waals surface area contributed by atoms with E-state index in [1.54, 1.807) is 13.1 Å². The fraction of sp³-hybridized carbons (Fsp3) is 0.433.